The summed E-state index contributed by atoms with van der Waals surface area (Å²) in [4.78, 5) is 12.0. The molecule has 1 amide bonds. The molecule has 2 aromatic carbocycles. The van der Waals surface area contributed by atoms with E-state index in [1.165, 1.54) is 5.56 Å². The zero-order valence-electron chi connectivity index (χ0n) is 13.2. The first-order valence-corrected chi connectivity index (χ1v) is 8.12. The van der Waals surface area contributed by atoms with Crippen molar-refractivity contribution in [3.8, 4) is 0 Å². The van der Waals surface area contributed by atoms with E-state index >= 15 is 0 Å². The molecule has 0 bridgehead atoms. The molecule has 22 heavy (non-hydrogen) atoms. The van der Waals surface area contributed by atoms with Gasteiger partial charge in [-0.25, -0.2) is 0 Å². The summed E-state index contributed by atoms with van der Waals surface area (Å²) in [5.74, 6) is 0.0232. The highest BCUT2D eigenvalue weighted by Crippen LogP contribution is 2.20. The third kappa shape index (κ3) is 4.60. The van der Waals surface area contributed by atoms with Crippen LogP contribution in [-0.2, 0) is 4.79 Å². The van der Waals surface area contributed by atoms with Crippen molar-refractivity contribution in [1.82, 2.24) is 0 Å². The van der Waals surface area contributed by atoms with Gasteiger partial charge in [0.2, 0.25) is 5.91 Å². The molecule has 4 heteroatoms. The van der Waals surface area contributed by atoms with Gasteiger partial charge in [-0.15, -0.1) is 0 Å². The maximum atomic E-state index is 12.0. The molecule has 0 saturated carbocycles. The average Bonchev–Trinajstić information content (AvgIpc) is 2.47. The van der Waals surface area contributed by atoms with E-state index in [9.17, 15) is 4.79 Å². The monoisotopic (exact) mass is 360 g/mol. The maximum absolute atomic E-state index is 12.0. The molecule has 0 heterocycles. The number of nitrogens with one attached hydrogen (secondary N) is 2. The number of rotatable bonds is 5. The summed E-state index contributed by atoms with van der Waals surface area (Å²) in [6, 6.07) is 12.1. The smallest absolute Gasteiger partial charge is 0.226 e. The van der Waals surface area contributed by atoms with Crippen LogP contribution in [0.15, 0.2) is 40.9 Å². The van der Waals surface area contributed by atoms with Crippen LogP contribution in [0.2, 0.25) is 0 Å². The third-order valence-electron chi connectivity index (χ3n) is 3.51. The minimum atomic E-state index is 0.0232. The fourth-order valence-corrected chi connectivity index (χ4v) is 2.40. The highest BCUT2D eigenvalue weighted by molar-refractivity contribution is 9.10. The second-order valence-electron chi connectivity index (χ2n) is 5.51. The first kappa shape index (κ1) is 16.6. The molecule has 0 radical (unpaired) electrons. The Bertz CT molecular complexity index is 683. The van der Waals surface area contributed by atoms with Crippen LogP contribution in [-0.4, -0.2) is 12.5 Å². The Morgan fingerprint density at radius 2 is 1.82 bits per heavy atom. The molecule has 0 aliphatic rings. The Labute approximate surface area is 140 Å². The van der Waals surface area contributed by atoms with Crippen LogP contribution in [0.1, 0.15) is 23.1 Å². The molecular weight excluding hydrogens is 340 g/mol. The number of halogens is 1. The Balaban J connectivity index is 1.85. The van der Waals surface area contributed by atoms with Gasteiger partial charge < -0.3 is 10.6 Å². The van der Waals surface area contributed by atoms with Gasteiger partial charge in [0.15, 0.2) is 0 Å². The zero-order chi connectivity index (χ0) is 16.1. The Hall–Kier alpha value is -1.81. The average molecular weight is 361 g/mol. The highest BCUT2D eigenvalue weighted by Gasteiger charge is 2.05. The summed E-state index contributed by atoms with van der Waals surface area (Å²) in [7, 11) is 0. The van der Waals surface area contributed by atoms with Gasteiger partial charge in [-0.3, -0.25) is 4.79 Å². The fraction of sp³-hybridized carbons (Fsp3) is 0.278. The quantitative estimate of drug-likeness (QED) is 0.802. The lowest BCUT2D eigenvalue weighted by atomic mass is 10.1. The number of carbonyl (C=O) groups excluding carboxylic acids is 1. The molecule has 0 spiro atoms. The molecule has 3 nitrogen and oxygen atoms in total. The Morgan fingerprint density at radius 3 is 2.55 bits per heavy atom. The second-order valence-corrected chi connectivity index (χ2v) is 6.36. The molecule has 0 aliphatic carbocycles. The van der Waals surface area contributed by atoms with E-state index in [0.29, 0.717) is 13.0 Å². The van der Waals surface area contributed by atoms with Crippen LogP contribution in [0, 0.1) is 20.8 Å². The van der Waals surface area contributed by atoms with Gasteiger partial charge in [-0.1, -0.05) is 28.1 Å². The predicted octanol–water partition coefficient (Wildman–Crippen LogP) is 4.82. The Kier molecular flexibility index (Phi) is 5.61. The molecular formula is C18H21BrN2O. The summed E-state index contributed by atoms with van der Waals surface area (Å²) in [6.07, 6.45) is 0.433. The topological polar surface area (TPSA) is 41.1 Å². The number of aryl methyl sites for hydroxylation is 3. The molecule has 2 aromatic rings. The SMILES string of the molecule is Cc1ccc(C)c(NC(=O)CCNc2ccc(Br)c(C)c2)c1. The number of hydrogen-bond donors (Lipinski definition) is 2. The van der Waals surface area contributed by atoms with Crippen molar-refractivity contribution in [2.75, 3.05) is 17.2 Å². The standard InChI is InChI=1S/C18H21BrN2O/c1-12-4-5-13(2)17(10-12)21-18(22)8-9-20-15-6-7-16(19)14(3)11-15/h4-7,10-11,20H,8-9H2,1-3H3,(H,21,22). The third-order valence-corrected chi connectivity index (χ3v) is 4.40. The van der Waals surface area contributed by atoms with Crippen LogP contribution in [0.3, 0.4) is 0 Å². The lowest BCUT2D eigenvalue weighted by Gasteiger charge is -2.11. The van der Waals surface area contributed by atoms with Crippen molar-refractivity contribution in [2.24, 2.45) is 0 Å². The summed E-state index contributed by atoms with van der Waals surface area (Å²) >= 11 is 3.48. The molecule has 0 unspecified atom stereocenters. The summed E-state index contributed by atoms with van der Waals surface area (Å²) in [5.41, 5.74) is 5.31. The van der Waals surface area contributed by atoms with Crippen molar-refractivity contribution >= 4 is 33.2 Å². The maximum Gasteiger partial charge on any atom is 0.226 e. The minimum Gasteiger partial charge on any atom is -0.385 e. The van der Waals surface area contributed by atoms with Gasteiger partial charge in [0.1, 0.15) is 0 Å². The largest absolute Gasteiger partial charge is 0.385 e. The van der Waals surface area contributed by atoms with E-state index in [4.69, 9.17) is 0 Å². The molecule has 0 saturated heterocycles. The summed E-state index contributed by atoms with van der Waals surface area (Å²) in [5, 5.41) is 6.25. The fourth-order valence-electron chi connectivity index (χ4n) is 2.16. The van der Waals surface area contributed by atoms with Crippen molar-refractivity contribution in [2.45, 2.75) is 27.2 Å². The van der Waals surface area contributed by atoms with Crippen molar-refractivity contribution in [3.63, 3.8) is 0 Å². The van der Waals surface area contributed by atoms with Crippen LogP contribution < -0.4 is 10.6 Å². The van der Waals surface area contributed by atoms with Crippen LogP contribution in [0.25, 0.3) is 0 Å². The van der Waals surface area contributed by atoms with Gasteiger partial charge in [0.05, 0.1) is 0 Å². The molecule has 0 aromatic heterocycles. The second kappa shape index (κ2) is 7.45. The predicted molar refractivity (Wildman–Crippen MR) is 96.5 cm³/mol. The van der Waals surface area contributed by atoms with Crippen molar-refractivity contribution in [3.05, 3.63) is 57.6 Å². The van der Waals surface area contributed by atoms with Gasteiger partial charge in [-0.2, -0.15) is 0 Å². The molecule has 116 valence electrons. The number of carbonyl (C=O) groups is 1. The summed E-state index contributed by atoms with van der Waals surface area (Å²) in [6.45, 7) is 6.67. The summed E-state index contributed by atoms with van der Waals surface area (Å²) < 4.78 is 1.09. The molecule has 2 N–H and O–H groups in total. The van der Waals surface area contributed by atoms with E-state index in [1.54, 1.807) is 0 Å². The molecule has 0 atom stereocenters. The van der Waals surface area contributed by atoms with E-state index in [-0.39, 0.29) is 5.91 Å². The van der Waals surface area contributed by atoms with Gasteiger partial charge in [-0.05, 0) is 61.7 Å². The molecule has 0 fully saturated rings. The minimum absolute atomic E-state index is 0.0232. The van der Waals surface area contributed by atoms with E-state index in [2.05, 4.69) is 32.6 Å². The molecule has 0 aliphatic heterocycles. The van der Waals surface area contributed by atoms with Crippen LogP contribution in [0.5, 0.6) is 0 Å². The first-order valence-electron chi connectivity index (χ1n) is 7.33. The van der Waals surface area contributed by atoms with E-state index < -0.39 is 0 Å². The number of hydrogen-bond acceptors (Lipinski definition) is 2. The van der Waals surface area contributed by atoms with E-state index in [1.807, 2.05) is 51.1 Å². The van der Waals surface area contributed by atoms with Gasteiger partial charge in [0.25, 0.3) is 0 Å². The lowest BCUT2D eigenvalue weighted by molar-refractivity contribution is -0.115. The highest BCUT2D eigenvalue weighted by atomic mass is 79.9. The van der Waals surface area contributed by atoms with E-state index in [0.717, 1.165) is 27.0 Å². The van der Waals surface area contributed by atoms with Gasteiger partial charge >= 0.3 is 0 Å². The number of anilines is 2. The van der Waals surface area contributed by atoms with Crippen LogP contribution >= 0.6 is 15.9 Å². The number of benzene rings is 2. The Morgan fingerprint density at radius 1 is 1.05 bits per heavy atom. The van der Waals surface area contributed by atoms with Crippen LogP contribution in [0.4, 0.5) is 11.4 Å². The van der Waals surface area contributed by atoms with Crippen molar-refractivity contribution in [1.29, 1.82) is 0 Å². The molecule has 2 rings (SSSR count). The lowest BCUT2D eigenvalue weighted by Crippen LogP contribution is -2.17. The number of amides is 1. The first-order chi connectivity index (χ1) is 10.5. The normalized spacial score (nSPS) is 10.4. The van der Waals surface area contributed by atoms with Crippen molar-refractivity contribution < 1.29 is 4.79 Å². The zero-order valence-corrected chi connectivity index (χ0v) is 14.8. The van der Waals surface area contributed by atoms with Gasteiger partial charge in [0, 0.05) is 28.8 Å².